The minimum atomic E-state index is 0.924. The highest BCUT2D eigenvalue weighted by Gasteiger charge is 2.14. The van der Waals surface area contributed by atoms with Crippen molar-refractivity contribution in [2.24, 2.45) is 0 Å². The van der Waals surface area contributed by atoms with Gasteiger partial charge in [0.05, 0.1) is 26.3 Å². The maximum atomic E-state index is 5.33. The average molecular weight is 200 g/mol. The molecule has 0 aromatic rings. The molecule has 0 aliphatic carbocycles. The molecule has 0 aromatic heterocycles. The molecule has 82 valence electrons. The SMILES string of the molecule is C1CN(CCN2CCOCC2)CC[NH2+]1. The zero-order chi connectivity index (χ0) is 9.64. The third-order valence-electron chi connectivity index (χ3n) is 3.14. The molecule has 4 heteroatoms. The Morgan fingerprint density at radius 1 is 0.857 bits per heavy atom. The number of rotatable bonds is 3. The van der Waals surface area contributed by atoms with E-state index in [0.717, 1.165) is 26.3 Å². The lowest BCUT2D eigenvalue weighted by Gasteiger charge is -2.30. The molecule has 0 aromatic carbocycles. The Bertz CT molecular complexity index is 135. The van der Waals surface area contributed by atoms with Gasteiger partial charge in [0.25, 0.3) is 0 Å². The van der Waals surface area contributed by atoms with Crippen LogP contribution in [0, 0.1) is 0 Å². The summed E-state index contributed by atoms with van der Waals surface area (Å²) < 4.78 is 5.33. The summed E-state index contributed by atoms with van der Waals surface area (Å²) in [6, 6.07) is 0. The fourth-order valence-electron chi connectivity index (χ4n) is 2.14. The highest BCUT2D eigenvalue weighted by atomic mass is 16.5. The highest BCUT2D eigenvalue weighted by Crippen LogP contribution is 1.97. The van der Waals surface area contributed by atoms with Crippen molar-refractivity contribution in [2.75, 3.05) is 65.6 Å². The molecule has 2 aliphatic heterocycles. The molecule has 2 heterocycles. The normalized spacial score (nSPS) is 26.6. The number of ether oxygens (including phenoxy) is 1. The van der Waals surface area contributed by atoms with E-state index in [9.17, 15) is 0 Å². The van der Waals surface area contributed by atoms with Crippen LogP contribution in [0.25, 0.3) is 0 Å². The van der Waals surface area contributed by atoms with Crippen LogP contribution in [0.2, 0.25) is 0 Å². The van der Waals surface area contributed by atoms with Crippen LogP contribution in [-0.2, 0) is 4.74 Å². The third-order valence-corrected chi connectivity index (χ3v) is 3.14. The van der Waals surface area contributed by atoms with E-state index in [1.807, 2.05) is 0 Å². The minimum Gasteiger partial charge on any atom is -0.379 e. The van der Waals surface area contributed by atoms with Crippen molar-refractivity contribution in [1.29, 1.82) is 0 Å². The second-order valence-corrected chi connectivity index (χ2v) is 4.16. The van der Waals surface area contributed by atoms with Gasteiger partial charge in [-0.15, -0.1) is 0 Å². The van der Waals surface area contributed by atoms with Crippen molar-refractivity contribution >= 4 is 0 Å². The Morgan fingerprint density at radius 3 is 2.07 bits per heavy atom. The van der Waals surface area contributed by atoms with Crippen molar-refractivity contribution < 1.29 is 10.1 Å². The summed E-state index contributed by atoms with van der Waals surface area (Å²) in [4.78, 5) is 5.09. The Labute approximate surface area is 86.2 Å². The quantitative estimate of drug-likeness (QED) is 0.583. The maximum absolute atomic E-state index is 5.33. The summed E-state index contributed by atoms with van der Waals surface area (Å²) in [5, 5.41) is 2.41. The number of nitrogens with zero attached hydrogens (tertiary/aromatic N) is 2. The van der Waals surface area contributed by atoms with Gasteiger partial charge in [-0.05, 0) is 0 Å². The standard InChI is InChI=1S/C10H21N3O/c1-3-12(4-2-11-1)5-6-13-7-9-14-10-8-13/h11H,1-10H2/p+1. The molecular formula is C10H22N3O+. The van der Waals surface area contributed by atoms with Crippen LogP contribution < -0.4 is 5.32 Å². The molecule has 0 bridgehead atoms. The monoisotopic (exact) mass is 200 g/mol. The fraction of sp³-hybridized carbons (Fsp3) is 1.00. The van der Waals surface area contributed by atoms with Gasteiger partial charge in [0.1, 0.15) is 0 Å². The first-order chi connectivity index (χ1) is 6.95. The van der Waals surface area contributed by atoms with E-state index in [1.54, 1.807) is 0 Å². The van der Waals surface area contributed by atoms with Crippen molar-refractivity contribution in [1.82, 2.24) is 9.80 Å². The summed E-state index contributed by atoms with van der Waals surface area (Å²) in [7, 11) is 0. The zero-order valence-electron chi connectivity index (χ0n) is 8.95. The zero-order valence-corrected chi connectivity index (χ0v) is 8.95. The number of hydrogen-bond acceptors (Lipinski definition) is 3. The van der Waals surface area contributed by atoms with Gasteiger partial charge in [-0.1, -0.05) is 0 Å². The molecular weight excluding hydrogens is 178 g/mol. The van der Waals surface area contributed by atoms with Gasteiger partial charge in [0, 0.05) is 39.3 Å². The molecule has 0 atom stereocenters. The molecule has 14 heavy (non-hydrogen) atoms. The van der Waals surface area contributed by atoms with Crippen LogP contribution >= 0.6 is 0 Å². The highest BCUT2D eigenvalue weighted by molar-refractivity contribution is 4.66. The topological polar surface area (TPSA) is 32.3 Å². The number of piperazine rings is 1. The van der Waals surface area contributed by atoms with Gasteiger partial charge in [-0.25, -0.2) is 0 Å². The van der Waals surface area contributed by atoms with E-state index >= 15 is 0 Å². The Kier molecular flexibility index (Phi) is 4.19. The molecule has 2 saturated heterocycles. The molecule has 0 unspecified atom stereocenters. The van der Waals surface area contributed by atoms with Crippen LogP contribution in [0.5, 0.6) is 0 Å². The average Bonchev–Trinajstić information content (AvgIpc) is 2.29. The van der Waals surface area contributed by atoms with E-state index in [-0.39, 0.29) is 0 Å². The molecule has 2 N–H and O–H groups in total. The van der Waals surface area contributed by atoms with Gasteiger partial charge in [0.2, 0.25) is 0 Å². The molecule has 0 radical (unpaired) electrons. The van der Waals surface area contributed by atoms with Crippen LogP contribution in [0.1, 0.15) is 0 Å². The Morgan fingerprint density at radius 2 is 1.43 bits per heavy atom. The second-order valence-electron chi connectivity index (χ2n) is 4.16. The van der Waals surface area contributed by atoms with Gasteiger partial charge in [-0.2, -0.15) is 0 Å². The fourth-order valence-corrected chi connectivity index (χ4v) is 2.14. The maximum Gasteiger partial charge on any atom is 0.0885 e. The van der Waals surface area contributed by atoms with E-state index in [0.29, 0.717) is 0 Å². The van der Waals surface area contributed by atoms with Gasteiger partial charge < -0.3 is 10.1 Å². The molecule has 4 nitrogen and oxygen atoms in total. The predicted octanol–water partition coefficient (Wildman–Crippen LogP) is -1.80. The first kappa shape index (κ1) is 10.4. The van der Waals surface area contributed by atoms with Crippen molar-refractivity contribution in [2.45, 2.75) is 0 Å². The minimum absolute atomic E-state index is 0.924. The number of quaternary nitrogens is 1. The Hall–Kier alpha value is -0.160. The molecule has 0 saturated carbocycles. The van der Waals surface area contributed by atoms with E-state index < -0.39 is 0 Å². The van der Waals surface area contributed by atoms with E-state index in [1.165, 1.54) is 39.3 Å². The molecule has 2 rings (SSSR count). The lowest BCUT2D eigenvalue weighted by molar-refractivity contribution is -0.663. The third kappa shape index (κ3) is 3.20. The van der Waals surface area contributed by atoms with Crippen LogP contribution in [0.15, 0.2) is 0 Å². The smallest absolute Gasteiger partial charge is 0.0885 e. The Balaban J connectivity index is 1.60. The van der Waals surface area contributed by atoms with Gasteiger partial charge >= 0.3 is 0 Å². The molecule has 0 spiro atoms. The summed E-state index contributed by atoms with van der Waals surface area (Å²) >= 11 is 0. The summed E-state index contributed by atoms with van der Waals surface area (Å²) in [5.41, 5.74) is 0. The van der Waals surface area contributed by atoms with E-state index in [4.69, 9.17) is 4.74 Å². The summed E-state index contributed by atoms with van der Waals surface area (Å²) in [5.74, 6) is 0. The molecule has 0 amide bonds. The first-order valence-electron chi connectivity index (χ1n) is 5.79. The summed E-state index contributed by atoms with van der Waals surface area (Å²) in [6.45, 7) is 11.7. The molecule has 2 fully saturated rings. The van der Waals surface area contributed by atoms with Crippen molar-refractivity contribution in [3.8, 4) is 0 Å². The van der Waals surface area contributed by atoms with Crippen molar-refractivity contribution in [3.05, 3.63) is 0 Å². The largest absolute Gasteiger partial charge is 0.379 e. The van der Waals surface area contributed by atoms with Crippen molar-refractivity contribution in [3.63, 3.8) is 0 Å². The van der Waals surface area contributed by atoms with E-state index in [2.05, 4.69) is 15.1 Å². The number of hydrogen-bond donors (Lipinski definition) is 1. The second kappa shape index (κ2) is 5.66. The number of morpholine rings is 1. The molecule has 2 aliphatic rings. The van der Waals surface area contributed by atoms with Gasteiger partial charge in [-0.3, -0.25) is 9.80 Å². The summed E-state index contributed by atoms with van der Waals surface area (Å²) in [6.07, 6.45) is 0. The lowest BCUT2D eigenvalue weighted by atomic mass is 10.3. The van der Waals surface area contributed by atoms with Crippen LogP contribution in [0.3, 0.4) is 0 Å². The number of nitrogens with two attached hydrogens (primary N) is 1. The first-order valence-corrected chi connectivity index (χ1v) is 5.79. The lowest BCUT2D eigenvalue weighted by Crippen LogP contribution is -2.89. The van der Waals surface area contributed by atoms with Crippen LogP contribution in [0.4, 0.5) is 0 Å². The van der Waals surface area contributed by atoms with Gasteiger partial charge in [0.15, 0.2) is 0 Å². The predicted molar refractivity (Wildman–Crippen MR) is 55.4 cm³/mol. The van der Waals surface area contributed by atoms with Crippen LogP contribution in [-0.4, -0.2) is 75.4 Å².